The molecule has 0 unspecified atom stereocenters. The van der Waals surface area contributed by atoms with E-state index in [0.29, 0.717) is 5.75 Å². The monoisotopic (exact) mass is 408 g/mol. The third kappa shape index (κ3) is 5.95. The quantitative estimate of drug-likeness (QED) is 0.682. The van der Waals surface area contributed by atoms with Gasteiger partial charge in [0.15, 0.2) is 0 Å². The zero-order valence-electron chi connectivity index (χ0n) is 16.4. The average Bonchev–Trinajstić information content (AvgIpc) is 2.58. The smallest absolute Gasteiger partial charge is 0.243 e. The first-order chi connectivity index (χ1) is 13.1. The predicted molar refractivity (Wildman–Crippen MR) is 108 cm³/mol. The first-order valence-electron chi connectivity index (χ1n) is 8.81. The van der Waals surface area contributed by atoms with E-state index in [1.165, 1.54) is 19.1 Å². The summed E-state index contributed by atoms with van der Waals surface area (Å²) in [5.41, 5.74) is 2.38. The Morgan fingerprint density at radius 1 is 1.14 bits per heavy atom. The van der Waals surface area contributed by atoms with Crippen molar-refractivity contribution in [2.75, 3.05) is 23.7 Å². The van der Waals surface area contributed by atoms with Crippen LogP contribution in [0.2, 0.25) is 0 Å². The molecule has 0 bridgehead atoms. The molecule has 0 saturated heterocycles. The summed E-state index contributed by atoms with van der Waals surface area (Å²) in [5, 5.41) is 2.67. The van der Waals surface area contributed by atoms with Gasteiger partial charge in [-0.25, -0.2) is 12.8 Å². The van der Waals surface area contributed by atoms with Gasteiger partial charge in [0.1, 0.15) is 24.2 Å². The second-order valence-corrected chi connectivity index (χ2v) is 8.53. The zero-order chi connectivity index (χ0) is 20.9. The zero-order valence-corrected chi connectivity index (χ0v) is 17.2. The van der Waals surface area contributed by atoms with Crippen LogP contribution >= 0.6 is 0 Å². The second kappa shape index (κ2) is 9.05. The molecule has 0 aliphatic heterocycles. The first-order valence-corrected chi connectivity index (χ1v) is 10.7. The van der Waals surface area contributed by atoms with Crippen molar-refractivity contribution in [2.45, 2.75) is 26.8 Å². The molecule has 1 amide bonds. The van der Waals surface area contributed by atoms with E-state index in [4.69, 9.17) is 4.74 Å². The van der Waals surface area contributed by atoms with Crippen molar-refractivity contribution in [1.29, 1.82) is 0 Å². The second-order valence-electron chi connectivity index (χ2n) is 6.67. The van der Waals surface area contributed by atoms with Gasteiger partial charge in [-0.1, -0.05) is 6.07 Å². The van der Waals surface area contributed by atoms with Gasteiger partial charge in [-0.2, -0.15) is 0 Å². The lowest BCUT2D eigenvalue weighted by Crippen LogP contribution is -2.48. The van der Waals surface area contributed by atoms with Gasteiger partial charge in [-0.05, 0) is 68.3 Å². The summed E-state index contributed by atoms with van der Waals surface area (Å²) in [4.78, 5) is 12.4. The molecule has 0 heterocycles. The predicted octanol–water partition coefficient (Wildman–Crippen LogP) is 2.79. The van der Waals surface area contributed by atoms with Crippen LogP contribution in [0.3, 0.4) is 0 Å². The molecule has 0 spiro atoms. The first kappa shape index (κ1) is 21.7. The summed E-state index contributed by atoms with van der Waals surface area (Å²) < 4.78 is 44.1. The SMILES string of the molecule is Cc1cc(C)cc(OCCNC(=O)[C@@H](C)N(c2ccc(F)cc2)S(C)(=O)=O)c1. The molecular weight excluding hydrogens is 383 g/mol. The van der Waals surface area contributed by atoms with E-state index in [2.05, 4.69) is 5.32 Å². The maximum Gasteiger partial charge on any atom is 0.243 e. The van der Waals surface area contributed by atoms with Crippen LogP contribution in [0.25, 0.3) is 0 Å². The van der Waals surface area contributed by atoms with Gasteiger partial charge in [0, 0.05) is 0 Å². The third-order valence-electron chi connectivity index (χ3n) is 4.03. The van der Waals surface area contributed by atoms with E-state index in [-0.39, 0.29) is 18.8 Å². The summed E-state index contributed by atoms with van der Waals surface area (Å²) in [7, 11) is -3.74. The Balaban J connectivity index is 1.98. The van der Waals surface area contributed by atoms with Crippen LogP contribution in [0.1, 0.15) is 18.1 Å². The minimum Gasteiger partial charge on any atom is -0.492 e. The lowest BCUT2D eigenvalue weighted by molar-refractivity contribution is -0.121. The fourth-order valence-corrected chi connectivity index (χ4v) is 4.08. The van der Waals surface area contributed by atoms with E-state index >= 15 is 0 Å². The van der Waals surface area contributed by atoms with Crippen molar-refractivity contribution < 1.29 is 22.3 Å². The molecule has 0 radical (unpaired) electrons. The maximum atomic E-state index is 13.1. The van der Waals surface area contributed by atoms with Crippen LogP contribution < -0.4 is 14.4 Å². The molecule has 0 saturated carbocycles. The van der Waals surface area contributed by atoms with E-state index in [9.17, 15) is 17.6 Å². The Morgan fingerprint density at radius 2 is 1.71 bits per heavy atom. The van der Waals surface area contributed by atoms with Crippen LogP contribution in [0.5, 0.6) is 5.75 Å². The van der Waals surface area contributed by atoms with Crippen LogP contribution in [0, 0.1) is 19.7 Å². The fraction of sp³-hybridized carbons (Fsp3) is 0.350. The molecule has 8 heteroatoms. The van der Waals surface area contributed by atoms with Crippen molar-refractivity contribution >= 4 is 21.6 Å². The molecule has 6 nitrogen and oxygen atoms in total. The number of anilines is 1. The van der Waals surface area contributed by atoms with Gasteiger partial charge < -0.3 is 10.1 Å². The third-order valence-corrected chi connectivity index (χ3v) is 5.28. The van der Waals surface area contributed by atoms with Gasteiger partial charge in [0.2, 0.25) is 15.9 Å². The van der Waals surface area contributed by atoms with Crippen LogP contribution in [0.15, 0.2) is 42.5 Å². The summed E-state index contributed by atoms with van der Waals surface area (Å²) in [6, 6.07) is 9.78. The van der Waals surface area contributed by atoms with Crippen molar-refractivity contribution in [1.82, 2.24) is 5.32 Å². The standard InChI is InChI=1S/C20H25FN2O4S/c1-14-11-15(2)13-19(12-14)27-10-9-22-20(24)16(3)23(28(4,25)26)18-7-5-17(21)6-8-18/h5-8,11-13,16H,9-10H2,1-4H3,(H,22,24)/t16-/m1/s1. The highest BCUT2D eigenvalue weighted by Gasteiger charge is 2.28. The lowest BCUT2D eigenvalue weighted by atomic mass is 10.1. The van der Waals surface area contributed by atoms with Gasteiger partial charge >= 0.3 is 0 Å². The summed E-state index contributed by atoms with van der Waals surface area (Å²) in [6.45, 7) is 5.88. The Bertz CT molecular complexity index is 909. The number of carbonyl (C=O) groups is 1. The van der Waals surface area contributed by atoms with Gasteiger partial charge in [0.25, 0.3) is 0 Å². The largest absolute Gasteiger partial charge is 0.492 e. The number of halogens is 1. The number of rotatable bonds is 8. The fourth-order valence-electron chi connectivity index (χ4n) is 2.90. The van der Waals surface area contributed by atoms with Crippen molar-refractivity contribution in [3.63, 3.8) is 0 Å². The molecule has 2 aromatic rings. The Morgan fingerprint density at radius 3 is 2.25 bits per heavy atom. The Hall–Kier alpha value is -2.61. The van der Waals surface area contributed by atoms with Gasteiger partial charge in [-0.3, -0.25) is 9.10 Å². The number of aryl methyl sites for hydroxylation is 2. The Kier molecular flexibility index (Phi) is 7.01. The molecule has 28 heavy (non-hydrogen) atoms. The summed E-state index contributed by atoms with van der Waals surface area (Å²) >= 11 is 0. The molecule has 2 rings (SSSR count). The highest BCUT2D eigenvalue weighted by Crippen LogP contribution is 2.21. The van der Waals surface area contributed by atoms with Crippen molar-refractivity contribution in [3.8, 4) is 5.75 Å². The average molecular weight is 408 g/mol. The van der Waals surface area contributed by atoms with E-state index in [0.717, 1.165) is 33.8 Å². The van der Waals surface area contributed by atoms with Crippen LogP contribution in [-0.4, -0.2) is 39.8 Å². The molecule has 0 fully saturated rings. The number of amides is 1. The number of ether oxygens (including phenoxy) is 1. The number of benzene rings is 2. The van der Waals surface area contributed by atoms with Gasteiger partial charge in [-0.15, -0.1) is 0 Å². The number of nitrogens with zero attached hydrogens (tertiary/aromatic N) is 1. The van der Waals surface area contributed by atoms with Crippen LogP contribution in [0.4, 0.5) is 10.1 Å². The van der Waals surface area contributed by atoms with E-state index in [1.807, 2.05) is 32.0 Å². The molecule has 0 aromatic heterocycles. The number of nitrogens with one attached hydrogen (secondary N) is 1. The summed E-state index contributed by atoms with van der Waals surface area (Å²) in [6.07, 6.45) is 1.00. The minimum absolute atomic E-state index is 0.219. The molecule has 0 aliphatic rings. The van der Waals surface area contributed by atoms with E-state index in [1.54, 1.807) is 0 Å². The highest BCUT2D eigenvalue weighted by atomic mass is 32.2. The number of hydrogen-bond acceptors (Lipinski definition) is 4. The molecule has 1 atom stereocenters. The van der Waals surface area contributed by atoms with E-state index < -0.39 is 27.8 Å². The number of sulfonamides is 1. The van der Waals surface area contributed by atoms with Gasteiger partial charge in [0.05, 0.1) is 18.5 Å². The van der Waals surface area contributed by atoms with Crippen molar-refractivity contribution in [3.05, 3.63) is 59.4 Å². The number of hydrogen-bond donors (Lipinski definition) is 1. The highest BCUT2D eigenvalue weighted by molar-refractivity contribution is 7.92. The maximum absolute atomic E-state index is 13.1. The molecule has 2 aromatic carbocycles. The Labute approximate surface area is 165 Å². The molecule has 0 aliphatic carbocycles. The normalized spacial score (nSPS) is 12.3. The number of carbonyl (C=O) groups excluding carboxylic acids is 1. The lowest BCUT2D eigenvalue weighted by Gasteiger charge is -2.28. The molecular formula is C20H25FN2O4S. The summed E-state index contributed by atoms with van der Waals surface area (Å²) in [5.74, 6) is -0.250. The van der Waals surface area contributed by atoms with Crippen molar-refractivity contribution in [2.24, 2.45) is 0 Å². The van der Waals surface area contributed by atoms with Crippen LogP contribution in [-0.2, 0) is 14.8 Å². The molecule has 1 N–H and O–H groups in total. The molecule has 152 valence electrons. The minimum atomic E-state index is -3.74. The topological polar surface area (TPSA) is 75.7 Å².